The van der Waals surface area contributed by atoms with Crippen LogP contribution in [0.1, 0.15) is 43.2 Å². The van der Waals surface area contributed by atoms with Gasteiger partial charge in [0.15, 0.2) is 0 Å². The molecule has 5 aromatic carbocycles. The molecule has 2 heterocycles. The molecule has 3 heteroatoms. The predicted molar refractivity (Wildman–Crippen MR) is 181 cm³/mol. The van der Waals surface area contributed by atoms with Gasteiger partial charge in [0.1, 0.15) is 16.8 Å². The largest absolute Gasteiger partial charge is 0.436 e. The molecule has 45 heavy (non-hydrogen) atoms. The number of hydrogen-bond acceptors (Lipinski definition) is 3. The molecular formula is C42H32N2O. The van der Waals surface area contributed by atoms with Gasteiger partial charge in [-0.05, 0) is 107 Å². The van der Waals surface area contributed by atoms with Crippen molar-refractivity contribution >= 4 is 33.0 Å². The Morgan fingerprint density at radius 1 is 0.578 bits per heavy atom. The van der Waals surface area contributed by atoms with Crippen LogP contribution in [0.2, 0.25) is 0 Å². The smallest absolute Gasteiger partial charge is 0.246 e. The summed E-state index contributed by atoms with van der Waals surface area (Å²) in [7, 11) is 0. The molecule has 2 aromatic heterocycles. The van der Waals surface area contributed by atoms with Crippen molar-refractivity contribution in [2.75, 3.05) is 0 Å². The predicted octanol–water partition coefficient (Wildman–Crippen LogP) is 10.6. The molecule has 5 aliphatic carbocycles. The fraction of sp³-hybridized carbons (Fsp3) is 0.238. The lowest BCUT2D eigenvalue weighted by Gasteiger charge is -2.61. The number of nitrogens with zero attached hydrogens (tertiary/aromatic N) is 2. The van der Waals surface area contributed by atoms with Crippen molar-refractivity contribution in [3.05, 3.63) is 120 Å². The Bertz CT molecular complexity index is 2320. The summed E-state index contributed by atoms with van der Waals surface area (Å²) in [5.74, 6) is 3.21. The van der Waals surface area contributed by atoms with Crippen molar-refractivity contribution in [1.82, 2.24) is 9.97 Å². The second-order valence-electron chi connectivity index (χ2n) is 14.2. The Kier molecular flexibility index (Phi) is 4.74. The summed E-state index contributed by atoms with van der Waals surface area (Å²) in [6.45, 7) is 0. The molecule has 1 spiro atoms. The summed E-state index contributed by atoms with van der Waals surface area (Å²) in [6, 6.07) is 39.8. The molecular weight excluding hydrogens is 548 g/mol. The van der Waals surface area contributed by atoms with Crippen LogP contribution < -0.4 is 0 Å². The van der Waals surface area contributed by atoms with Crippen LogP contribution >= 0.6 is 0 Å². The molecule has 0 N–H and O–H groups in total. The van der Waals surface area contributed by atoms with Crippen molar-refractivity contribution < 1.29 is 4.42 Å². The maximum atomic E-state index is 6.24. The maximum absolute atomic E-state index is 6.24. The third-order valence-electron chi connectivity index (χ3n) is 12.1. The minimum absolute atomic E-state index is 0.0743. The zero-order chi connectivity index (χ0) is 29.3. The Labute approximate surface area is 262 Å². The van der Waals surface area contributed by atoms with Crippen LogP contribution in [0.25, 0.3) is 66.6 Å². The number of aromatic nitrogens is 2. The third kappa shape index (κ3) is 3.16. The number of benzene rings is 5. The zero-order valence-corrected chi connectivity index (χ0v) is 25.0. The molecule has 4 fully saturated rings. The van der Waals surface area contributed by atoms with Gasteiger partial charge in [0.2, 0.25) is 5.71 Å². The molecule has 216 valence electrons. The normalized spacial score (nSPS) is 25.9. The quantitative estimate of drug-likeness (QED) is 0.204. The molecule has 4 saturated carbocycles. The van der Waals surface area contributed by atoms with E-state index in [1.807, 2.05) is 12.1 Å². The monoisotopic (exact) mass is 580 g/mol. The summed E-state index contributed by atoms with van der Waals surface area (Å²) >= 11 is 0. The molecule has 0 unspecified atom stereocenters. The van der Waals surface area contributed by atoms with Gasteiger partial charge in [-0.15, -0.1) is 0 Å². The van der Waals surface area contributed by atoms with Gasteiger partial charge in [-0.1, -0.05) is 91.0 Å². The van der Waals surface area contributed by atoms with Crippen LogP contribution in [0.15, 0.2) is 114 Å². The maximum Gasteiger partial charge on any atom is 0.246 e. The van der Waals surface area contributed by atoms with E-state index < -0.39 is 0 Å². The van der Waals surface area contributed by atoms with Gasteiger partial charge >= 0.3 is 0 Å². The fourth-order valence-electron chi connectivity index (χ4n) is 10.6. The lowest BCUT2D eigenvalue weighted by atomic mass is 9.43. The second kappa shape index (κ2) is 8.69. The van der Waals surface area contributed by atoms with E-state index >= 15 is 0 Å². The second-order valence-corrected chi connectivity index (χ2v) is 14.2. The molecule has 4 bridgehead atoms. The van der Waals surface area contributed by atoms with Gasteiger partial charge < -0.3 is 4.42 Å². The standard InChI is InChI=1S/C42H32N2O/c1-2-9-27(10-3-1)38-39(43-40-33-12-6-7-13-36(33)45-41(40)44-38)28-14-16-32-35(23-28)42(29-19-24-18-25(21-29)22-30(42)20-24)34-17-15-26-8-4-5-11-31(26)37(32)34/h1-17,23-25,29-30H,18-22H2. The van der Waals surface area contributed by atoms with Crippen LogP contribution in [0, 0.1) is 23.7 Å². The van der Waals surface area contributed by atoms with Crippen LogP contribution in [-0.4, -0.2) is 9.97 Å². The number of para-hydroxylation sites is 1. The Balaban J connectivity index is 1.21. The van der Waals surface area contributed by atoms with E-state index in [4.69, 9.17) is 14.4 Å². The van der Waals surface area contributed by atoms with Crippen LogP contribution in [-0.2, 0) is 5.41 Å². The topological polar surface area (TPSA) is 38.9 Å². The zero-order valence-electron chi connectivity index (χ0n) is 25.0. The first-order chi connectivity index (χ1) is 22.3. The van der Waals surface area contributed by atoms with Gasteiger partial charge in [-0.25, -0.2) is 9.97 Å². The Morgan fingerprint density at radius 2 is 1.29 bits per heavy atom. The summed E-state index contributed by atoms with van der Waals surface area (Å²) in [4.78, 5) is 10.6. The highest BCUT2D eigenvalue weighted by molar-refractivity contribution is 6.05. The first-order valence-electron chi connectivity index (χ1n) is 16.7. The van der Waals surface area contributed by atoms with Crippen molar-refractivity contribution in [3.8, 4) is 33.6 Å². The average molecular weight is 581 g/mol. The first kappa shape index (κ1) is 24.5. The molecule has 0 atom stereocenters. The molecule has 3 nitrogen and oxygen atoms in total. The van der Waals surface area contributed by atoms with E-state index in [0.29, 0.717) is 17.5 Å². The van der Waals surface area contributed by atoms with Crippen LogP contribution in [0.3, 0.4) is 0 Å². The van der Waals surface area contributed by atoms with E-state index in [9.17, 15) is 0 Å². The highest BCUT2D eigenvalue weighted by Crippen LogP contribution is 2.70. The Hall–Kier alpha value is -4.76. The summed E-state index contributed by atoms with van der Waals surface area (Å²) in [5, 5.41) is 3.74. The third-order valence-corrected chi connectivity index (χ3v) is 12.1. The molecule has 0 aliphatic heterocycles. The van der Waals surface area contributed by atoms with Crippen molar-refractivity contribution in [2.24, 2.45) is 23.7 Å². The van der Waals surface area contributed by atoms with Gasteiger partial charge in [0.05, 0.1) is 5.69 Å². The van der Waals surface area contributed by atoms with Gasteiger partial charge in [0.25, 0.3) is 0 Å². The van der Waals surface area contributed by atoms with Gasteiger partial charge in [0, 0.05) is 21.9 Å². The number of hydrogen-bond donors (Lipinski definition) is 0. The lowest BCUT2D eigenvalue weighted by Crippen LogP contribution is -2.55. The molecule has 7 aromatic rings. The molecule has 12 rings (SSSR count). The van der Waals surface area contributed by atoms with Crippen molar-refractivity contribution in [2.45, 2.75) is 37.5 Å². The van der Waals surface area contributed by atoms with E-state index in [1.54, 1.807) is 5.56 Å². The van der Waals surface area contributed by atoms with Crippen LogP contribution in [0.4, 0.5) is 0 Å². The van der Waals surface area contributed by atoms with Crippen LogP contribution in [0.5, 0.6) is 0 Å². The minimum atomic E-state index is 0.0743. The van der Waals surface area contributed by atoms with Gasteiger partial charge in [-0.2, -0.15) is 0 Å². The summed E-state index contributed by atoms with van der Waals surface area (Å²) < 4.78 is 6.24. The molecule has 0 saturated heterocycles. The Morgan fingerprint density at radius 3 is 2.11 bits per heavy atom. The van der Waals surface area contributed by atoms with E-state index in [2.05, 4.69) is 97.1 Å². The fourth-order valence-corrected chi connectivity index (χ4v) is 10.6. The summed E-state index contributed by atoms with van der Waals surface area (Å²) in [5.41, 5.74) is 12.4. The van der Waals surface area contributed by atoms with Crippen molar-refractivity contribution in [1.29, 1.82) is 0 Å². The molecule has 0 radical (unpaired) electrons. The molecule has 0 amide bonds. The highest BCUT2D eigenvalue weighted by Gasteiger charge is 2.61. The number of rotatable bonds is 2. The molecule has 5 aliphatic rings. The van der Waals surface area contributed by atoms with E-state index in [-0.39, 0.29) is 5.41 Å². The number of fused-ring (bicyclic) bond motifs is 8. The highest BCUT2D eigenvalue weighted by atomic mass is 16.3. The van der Waals surface area contributed by atoms with Crippen molar-refractivity contribution in [3.63, 3.8) is 0 Å². The minimum Gasteiger partial charge on any atom is -0.436 e. The summed E-state index contributed by atoms with van der Waals surface area (Å²) in [6.07, 6.45) is 6.92. The van der Waals surface area contributed by atoms with E-state index in [1.165, 1.54) is 59.6 Å². The van der Waals surface area contributed by atoms with E-state index in [0.717, 1.165) is 50.8 Å². The number of furan rings is 1. The SMILES string of the molecule is c1ccc(-c2nc3oc4ccccc4c3nc2-c2ccc3c(c2)C2(c4ccc5ccccc5c4-3)C3CC4CC(C3)CC2C4)cc1. The first-order valence-corrected chi connectivity index (χ1v) is 16.7. The van der Waals surface area contributed by atoms with Gasteiger partial charge in [-0.3, -0.25) is 0 Å². The average Bonchev–Trinajstić information content (AvgIpc) is 3.60. The lowest BCUT2D eigenvalue weighted by molar-refractivity contribution is -0.0399.